The van der Waals surface area contributed by atoms with Crippen LogP contribution in [0.5, 0.6) is 0 Å². The molecule has 2 aromatic carbocycles. The van der Waals surface area contributed by atoms with Gasteiger partial charge in [-0.25, -0.2) is 8.78 Å². The first-order valence-corrected chi connectivity index (χ1v) is 8.03. The van der Waals surface area contributed by atoms with Crippen LogP contribution in [0.4, 0.5) is 20.2 Å². The number of anilines is 2. The topological polar surface area (TPSA) is 70.6 Å². The molecule has 0 aromatic heterocycles. The molecule has 0 atom stereocenters. The first-order chi connectivity index (χ1) is 12.0. The highest BCUT2D eigenvalue weighted by atomic mass is 19.1. The molecule has 0 saturated carbocycles. The van der Waals surface area contributed by atoms with Gasteiger partial charge in [0.2, 0.25) is 0 Å². The van der Waals surface area contributed by atoms with Crippen molar-refractivity contribution < 1.29 is 23.5 Å². The average Bonchev–Trinajstić information content (AvgIpc) is 2.53. The van der Waals surface area contributed by atoms with Crippen molar-refractivity contribution in [3.05, 3.63) is 59.7 Å². The molecule has 26 heavy (non-hydrogen) atoms. The van der Waals surface area contributed by atoms with Gasteiger partial charge in [-0.2, -0.15) is 0 Å². The Morgan fingerprint density at radius 1 is 0.962 bits per heavy atom. The SMILES string of the molecule is CC(C)(O)C(C)(C)ONc1ccc(NC(=O)c2c(F)cccc2F)cc1. The van der Waals surface area contributed by atoms with Crippen LogP contribution in [0.15, 0.2) is 42.5 Å². The van der Waals surface area contributed by atoms with Gasteiger partial charge in [-0.05, 0) is 64.1 Å². The van der Waals surface area contributed by atoms with E-state index < -0.39 is 34.3 Å². The third-order valence-corrected chi connectivity index (χ3v) is 4.23. The van der Waals surface area contributed by atoms with E-state index in [0.29, 0.717) is 11.4 Å². The number of rotatable bonds is 6. The van der Waals surface area contributed by atoms with Gasteiger partial charge >= 0.3 is 0 Å². The standard InChI is InChI=1S/C19H22F2N2O3/c1-18(2,25)19(3,4)26-23-13-10-8-12(9-11-13)22-17(24)16-14(20)6-5-7-15(16)21/h5-11,23,25H,1-4H3,(H,22,24). The quantitative estimate of drug-likeness (QED) is 0.675. The van der Waals surface area contributed by atoms with E-state index in [9.17, 15) is 18.7 Å². The van der Waals surface area contributed by atoms with Crippen LogP contribution in [-0.4, -0.2) is 22.2 Å². The molecule has 2 aromatic rings. The number of nitrogens with one attached hydrogen (secondary N) is 2. The first kappa shape index (κ1) is 19.8. The summed E-state index contributed by atoms with van der Waals surface area (Å²) < 4.78 is 27.3. The molecule has 0 spiro atoms. The van der Waals surface area contributed by atoms with Crippen molar-refractivity contribution in [3.8, 4) is 0 Å². The molecule has 0 aliphatic heterocycles. The third-order valence-electron chi connectivity index (χ3n) is 4.23. The fourth-order valence-corrected chi connectivity index (χ4v) is 1.84. The maximum Gasteiger partial charge on any atom is 0.261 e. The zero-order chi connectivity index (χ0) is 19.5. The Kier molecular flexibility index (Phi) is 5.63. The highest BCUT2D eigenvalue weighted by molar-refractivity contribution is 6.04. The summed E-state index contributed by atoms with van der Waals surface area (Å²) in [6, 6.07) is 9.58. The fourth-order valence-electron chi connectivity index (χ4n) is 1.84. The van der Waals surface area contributed by atoms with Gasteiger partial charge in [-0.3, -0.25) is 15.1 Å². The lowest BCUT2D eigenvalue weighted by Crippen LogP contribution is -2.48. The number of amides is 1. The number of halogens is 2. The van der Waals surface area contributed by atoms with Gasteiger partial charge in [0.05, 0.1) is 11.3 Å². The predicted octanol–water partition coefficient (Wildman–Crippen LogP) is 4.11. The number of carbonyl (C=O) groups excluding carboxylic acids is 1. The monoisotopic (exact) mass is 364 g/mol. The number of benzene rings is 2. The molecule has 7 heteroatoms. The zero-order valence-electron chi connectivity index (χ0n) is 15.1. The largest absolute Gasteiger partial charge is 0.387 e. The van der Waals surface area contributed by atoms with Gasteiger partial charge in [0, 0.05) is 5.69 Å². The Hall–Kier alpha value is -2.51. The van der Waals surface area contributed by atoms with Crippen molar-refractivity contribution in [2.45, 2.75) is 38.9 Å². The van der Waals surface area contributed by atoms with Crippen LogP contribution in [0.1, 0.15) is 38.1 Å². The molecule has 0 aliphatic rings. The van der Waals surface area contributed by atoms with Crippen molar-refractivity contribution in [2.24, 2.45) is 0 Å². The van der Waals surface area contributed by atoms with Crippen molar-refractivity contribution in [3.63, 3.8) is 0 Å². The van der Waals surface area contributed by atoms with Crippen LogP contribution in [0.25, 0.3) is 0 Å². The highest BCUT2D eigenvalue weighted by Gasteiger charge is 2.37. The average molecular weight is 364 g/mol. The highest BCUT2D eigenvalue weighted by Crippen LogP contribution is 2.26. The minimum Gasteiger partial charge on any atom is -0.387 e. The molecule has 0 saturated heterocycles. The Labute approximate surface area is 150 Å². The molecule has 0 aliphatic carbocycles. The molecule has 0 radical (unpaired) electrons. The smallest absolute Gasteiger partial charge is 0.261 e. The molecule has 140 valence electrons. The molecule has 0 heterocycles. The van der Waals surface area contributed by atoms with E-state index in [-0.39, 0.29) is 0 Å². The van der Waals surface area contributed by atoms with Crippen LogP contribution < -0.4 is 10.8 Å². The summed E-state index contributed by atoms with van der Waals surface area (Å²) in [5.41, 5.74) is 1.11. The van der Waals surface area contributed by atoms with Crippen molar-refractivity contribution >= 4 is 17.3 Å². The molecule has 0 bridgehead atoms. The normalized spacial score (nSPS) is 12.0. The van der Waals surface area contributed by atoms with Gasteiger partial charge in [0.15, 0.2) is 0 Å². The van der Waals surface area contributed by atoms with Crippen LogP contribution in [-0.2, 0) is 4.84 Å². The van der Waals surface area contributed by atoms with E-state index in [1.54, 1.807) is 52.0 Å². The van der Waals surface area contributed by atoms with Crippen molar-refractivity contribution in [2.75, 3.05) is 10.8 Å². The summed E-state index contributed by atoms with van der Waals surface area (Å²) in [6.45, 7) is 6.74. The first-order valence-electron chi connectivity index (χ1n) is 8.03. The molecule has 0 fully saturated rings. The summed E-state index contributed by atoms with van der Waals surface area (Å²) >= 11 is 0. The minimum absolute atomic E-state index is 0.366. The second-order valence-electron chi connectivity index (χ2n) is 6.90. The Balaban J connectivity index is 2.03. The Morgan fingerprint density at radius 2 is 1.46 bits per heavy atom. The van der Waals surface area contributed by atoms with Gasteiger partial charge in [0.1, 0.15) is 22.8 Å². The minimum atomic E-state index is -1.07. The van der Waals surface area contributed by atoms with E-state index in [2.05, 4.69) is 10.8 Å². The van der Waals surface area contributed by atoms with Crippen LogP contribution in [0, 0.1) is 11.6 Å². The van der Waals surface area contributed by atoms with E-state index in [4.69, 9.17) is 4.84 Å². The summed E-state index contributed by atoms with van der Waals surface area (Å²) in [4.78, 5) is 17.6. The van der Waals surface area contributed by atoms with Gasteiger partial charge < -0.3 is 10.4 Å². The van der Waals surface area contributed by atoms with Gasteiger partial charge in [-0.1, -0.05) is 6.07 Å². The lowest BCUT2D eigenvalue weighted by Gasteiger charge is -2.36. The maximum atomic E-state index is 13.6. The zero-order valence-corrected chi connectivity index (χ0v) is 15.1. The van der Waals surface area contributed by atoms with E-state index in [1.165, 1.54) is 6.07 Å². The summed E-state index contributed by atoms with van der Waals surface area (Å²) in [7, 11) is 0. The maximum absolute atomic E-state index is 13.6. The predicted molar refractivity (Wildman–Crippen MR) is 95.8 cm³/mol. The Bertz CT molecular complexity index is 764. The van der Waals surface area contributed by atoms with Crippen molar-refractivity contribution in [1.29, 1.82) is 0 Å². The number of aliphatic hydroxyl groups is 1. The Morgan fingerprint density at radius 3 is 1.96 bits per heavy atom. The number of carbonyl (C=O) groups is 1. The molecular weight excluding hydrogens is 342 g/mol. The van der Waals surface area contributed by atoms with Gasteiger partial charge in [0.25, 0.3) is 5.91 Å². The summed E-state index contributed by atoms with van der Waals surface area (Å²) in [5.74, 6) is -2.73. The second kappa shape index (κ2) is 7.39. The molecule has 3 N–H and O–H groups in total. The molecular formula is C19H22F2N2O3. The summed E-state index contributed by atoms with van der Waals surface area (Å²) in [6.07, 6.45) is 0. The van der Waals surface area contributed by atoms with E-state index in [0.717, 1.165) is 12.1 Å². The molecule has 5 nitrogen and oxygen atoms in total. The van der Waals surface area contributed by atoms with Crippen LogP contribution in [0.3, 0.4) is 0 Å². The lowest BCUT2D eigenvalue weighted by molar-refractivity contribution is -0.130. The lowest BCUT2D eigenvalue weighted by atomic mass is 9.90. The van der Waals surface area contributed by atoms with Crippen LogP contribution in [0.2, 0.25) is 0 Å². The number of hydrogen-bond acceptors (Lipinski definition) is 4. The van der Waals surface area contributed by atoms with Crippen molar-refractivity contribution in [1.82, 2.24) is 0 Å². The third kappa shape index (κ3) is 4.56. The van der Waals surface area contributed by atoms with Gasteiger partial charge in [-0.15, -0.1) is 0 Å². The number of hydrogen-bond donors (Lipinski definition) is 3. The summed E-state index contributed by atoms with van der Waals surface area (Å²) in [5, 5.41) is 12.5. The molecule has 2 rings (SSSR count). The van der Waals surface area contributed by atoms with E-state index >= 15 is 0 Å². The van der Waals surface area contributed by atoms with E-state index in [1.807, 2.05) is 0 Å². The molecule has 1 amide bonds. The second-order valence-corrected chi connectivity index (χ2v) is 6.90. The molecule has 0 unspecified atom stereocenters. The fraction of sp³-hybridized carbons (Fsp3) is 0.316. The van der Waals surface area contributed by atoms with Crippen LogP contribution >= 0.6 is 0 Å².